The van der Waals surface area contributed by atoms with Crippen LogP contribution in [-0.4, -0.2) is 23.5 Å². The van der Waals surface area contributed by atoms with Crippen molar-refractivity contribution in [2.24, 2.45) is 0 Å². The SMILES string of the molecule is CCCC(C)N(C)Cc1ccc(CNC(C)(C)C)cc1. The summed E-state index contributed by atoms with van der Waals surface area (Å²) >= 11 is 0. The third-order valence-electron chi connectivity index (χ3n) is 3.74. The van der Waals surface area contributed by atoms with Crippen LogP contribution < -0.4 is 5.32 Å². The first-order chi connectivity index (χ1) is 9.31. The highest BCUT2D eigenvalue weighted by atomic mass is 15.1. The molecule has 1 aromatic carbocycles. The lowest BCUT2D eigenvalue weighted by molar-refractivity contribution is 0.237. The molecule has 0 amide bonds. The highest BCUT2D eigenvalue weighted by molar-refractivity contribution is 5.22. The van der Waals surface area contributed by atoms with Gasteiger partial charge in [0, 0.05) is 24.7 Å². The Balaban J connectivity index is 2.50. The smallest absolute Gasteiger partial charge is 0.0233 e. The average molecular weight is 276 g/mol. The predicted molar refractivity (Wildman–Crippen MR) is 88.9 cm³/mol. The zero-order chi connectivity index (χ0) is 15.2. The van der Waals surface area contributed by atoms with E-state index in [1.54, 1.807) is 0 Å². The molecule has 0 bridgehead atoms. The molecular formula is C18H32N2. The Bertz CT molecular complexity index is 375. The maximum Gasteiger partial charge on any atom is 0.0233 e. The summed E-state index contributed by atoms with van der Waals surface area (Å²) in [6.07, 6.45) is 2.52. The van der Waals surface area contributed by atoms with Gasteiger partial charge in [0.1, 0.15) is 0 Å². The molecule has 1 atom stereocenters. The van der Waals surface area contributed by atoms with Crippen LogP contribution in [0.4, 0.5) is 0 Å². The summed E-state index contributed by atoms with van der Waals surface area (Å²) in [6.45, 7) is 13.1. The van der Waals surface area contributed by atoms with E-state index in [0.717, 1.165) is 13.1 Å². The third kappa shape index (κ3) is 6.53. The van der Waals surface area contributed by atoms with Crippen LogP contribution in [0.1, 0.15) is 58.6 Å². The van der Waals surface area contributed by atoms with Crippen molar-refractivity contribution in [2.75, 3.05) is 7.05 Å². The fourth-order valence-corrected chi connectivity index (χ4v) is 2.21. The largest absolute Gasteiger partial charge is 0.308 e. The molecule has 0 fully saturated rings. The summed E-state index contributed by atoms with van der Waals surface area (Å²) in [7, 11) is 2.22. The van der Waals surface area contributed by atoms with E-state index in [1.807, 2.05) is 0 Å². The second-order valence-corrected chi connectivity index (χ2v) is 6.97. The minimum atomic E-state index is 0.175. The summed E-state index contributed by atoms with van der Waals surface area (Å²) in [4.78, 5) is 2.44. The van der Waals surface area contributed by atoms with Crippen LogP contribution in [0.15, 0.2) is 24.3 Å². The van der Waals surface area contributed by atoms with E-state index in [2.05, 4.69) is 76.1 Å². The number of rotatable bonds is 7. The first-order valence-electron chi connectivity index (χ1n) is 7.85. The van der Waals surface area contributed by atoms with Crippen LogP contribution in [-0.2, 0) is 13.1 Å². The molecule has 0 saturated carbocycles. The van der Waals surface area contributed by atoms with Gasteiger partial charge >= 0.3 is 0 Å². The van der Waals surface area contributed by atoms with Crippen molar-refractivity contribution in [1.29, 1.82) is 0 Å². The van der Waals surface area contributed by atoms with Crippen molar-refractivity contribution in [3.63, 3.8) is 0 Å². The van der Waals surface area contributed by atoms with Crippen molar-refractivity contribution in [3.8, 4) is 0 Å². The molecule has 114 valence electrons. The van der Waals surface area contributed by atoms with Crippen LogP contribution in [0.3, 0.4) is 0 Å². The van der Waals surface area contributed by atoms with Gasteiger partial charge in [-0.15, -0.1) is 0 Å². The van der Waals surface area contributed by atoms with Gasteiger partial charge in [0.05, 0.1) is 0 Å². The van der Waals surface area contributed by atoms with E-state index in [1.165, 1.54) is 24.0 Å². The lowest BCUT2D eigenvalue weighted by atomic mass is 10.1. The van der Waals surface area contributed by atoms with Crippen molar-refractivity contribution in [1.82, 2.24) is 10.2 Å². The lowest BCUT2D eigenvalue weighted by Gasteiger charge is -2.24. The number of benzene rings is 1. The molecule has 1 unspecified atom stereocenters. The Morgan fingerprint density at radius 2 is 1.65 bits per heavy atom. The molecule has 1 N–H and O–H groups in total. The van der Waals surface area contributed by atoms with Crippen LogP contribution in [0.25, 0.3) is 0 Å². The predicted octanol–water partition coefficient (Wildman–Crippen LogP) is 4.20. The molecule has 1 rings (SSSR count). The fourth-order valence-electron chi connectivity index (χ4n) is 2.21. The van der Waals surface area contributed by atoms with E-state index >= 15 is 0 Å². The van der Waals surface area contributed by atoms with Gasteiger partial charge in [-0.05, 0) is 52.3 Å². The normalized spacial score (nSPS) is 13.8. The summed E-state index contributed by atoms with van der Waals surface area (Å²) < 4.78 is 0. The standard InChI is InChI=1S/C18H32N2/c1-7-8-15(2)20(6)14-17-11-9-16(10-12-17)13-19-18(3,4)5/h9-12,15,19H,7-8,13-14H2,1-6H3. The Morgan fingerprint density at radius 1 is 1.10 bits per heavy atom. The van der Waals surface area contributed by atoms with Gasteiger partial charge in [-0.1, -0.05) is 37.6 Å². The van der Waals surface area contributed by atoms with Crippen molar-refractivity contribution in [2.45, 2.75) is 72.1 Å². The zero-order valence-corrected chi connectivity index (χ0v) is 14.2. The Morgan fingerprint density at radius 3 is 2.15 bits per heavy atom. The molecule has 2 heteroatoms. The molecule has 0 aliphatic heterocycles. The molecule has 1 aromatic rings. The van der Waals surface area contributed by atoms with E-state index in [4.69, 9.17) is 0 Å². The molecule has 20 heavy (non-hydrogen) atoms. The topological polar surface area (TPSA) is 15.3 Å². The van der Waals surface area contributed by atoms with Crippen LogP contribution in [0, 0.1) is 0 Å². The molecule has 0 aliphatic rings. The molecule has 0 saturated heterocycles. The number of nitrogens with one attached hydrogen (secondary N) is 1. The van der Waals surface area contributed by atoms with Gasteiger partial charge in [0.15, 0.2) is 0 Å². The second kappa shape index (κ2) is 7.80. The van der Waals surface area contributed by atoms with Crippen LogP contribution >= 0.6 is 0 Å². The summed E-state index contributed by atoms with van der Waals surface area (Å²) in [5.41, 5.74) is 2.93. The zero-order valence-electron chi connectivity index (χ0n) is 14.2. The molecule has 0 spiro atoms. The molecule has 0 heterocycles. The van der Waals surface area contributed by atoms with Gasteiger partial charge in [-0.2, -0.15) is 0 Å². The first-order valence-corrected chi connectivity index (χ1v) is 7.85. The molecule has 0 aromatic heterocycles. The van der Waals surface area contributed by atoms with E-state index in [-0.39, 0.29) is 5.54 Å². The van der Waals surface area contributed by atoms with E-state index in [9.17, 15) is 0 Å². The Labute approximate surface area is 125 Å². The monoisotopic (exact) mass is 276 g/mol. The van der Waals surface area contributed by atoms with Crippen LogP contribution in [0.5, 0.6) is 0 Å². The van der Waals surface area contributed by atoms with Gasteiger partial charge in [-0.3, -0.25) is 4.90 Å². The maximum absolute atomic E-state index is 3.52. The number of nitrogens with zero attached hydrogens (tertiary/aromatic N) is 1. The molecule has 2 nitrogen and oxygen atoms in total. The molecule has 0 radical (unpaired) electrons. The van der Waals surface area contributed by atoms with Gasteiger partial charge in [-0.25, -0.2) is 0 Å². The van der Waals surface area contributed by atoms with Crippen molar-refractivity contribution < 1.29 is 0 Å². The summed E-state index contributed by atoms with van der Waals surface area (Å²) in [5, 5.41) is 3.52. The minimum absolute atomic E-state index is 0.175. The highest BCUT2D eigenvalue weighted by Crippen LogP contribution is 2.12. The van der Waals surface area contributed by atoms with Gasteiger partial charge in [0.2, 0.25) is 0 Å². The maximum atomic E-state index is 3.52. The lowest BCUT2D eigenvalue weighted by Crippen LogP contribution is -2.35. The van der Waals surface area contributed by atoms with Gasteiger partial charge in [0.25, 0.3) is 0 Å². The highest BCUT2D eigenvalue weighted by Gasteiger charge is 2.10. The number of hydrogen-bond acceptors (Lipinski definition) is 2. The van der Waals surface area contributed by atoms with Crippen molar-refractivity contribution >= 4 is 0 Å². The first kappa shape index (κ1) is 17.2. The average Bonchev–Trinajstić information content (AvgIpc) is 2.37. The van der Waals surface area contributed by atoms with Gasteiger partial charge < -0.3 is 5.32 Å². The summed E-state index contributed by atoms with van der Waals surface area (Å²) in [6, 6.07) is 9.66. The fraction of sp³-hybridized carbons (Fsp3) is 0.667. The van der Waals surface area contributed by atoms with Crippen LogP contribution in [0.2, 0.25) is 0 Å². The summed E-state index contributed by atoms with van der Waals surface area (Å²) in [5.74, 6) is 0. The Hall–Kier alpha value is -0.860. The molecular weight excluding hydrogens is 244 g/mol. The van der Waals surface area contributed by atoms with E-state index in [0.29, 0.717) is 6.04 Å². The second-order valence-electron chi connectivity index (χ2n) is 6.97. The third-order valence-corrected chi connectivity index (χ3v) is 3.74. The number of hydrogen-bond donors (Lipinski definition) is 1. The van der Waals surface area contributed by atoms with Crippen molar-refractivity contribution in [3.05, 3.63) is 35.4 Å². The quantitative estimate of drug-likeness (QED) is 0.803. The van der Waals surface area contributed by atoms with E-state index < -0.39 is 0 Å². The minimum Gasteiger partial charge on any atom is -0.308 e. The Kier molecular flexibility index (Phi) is 6.70. The molecule has 0 aliphatic carbocycles.